The van der Waals surface area contributed by atoms with Gasteiger partial charge in [0.05, 0.1) is 17.2 Å². The van der Waals surface area contributed by atoms with Crippen molar-refractivity contribution >= 4 is 17.5 Å². The van der Waals surface area contributed by atoms with Gasteiger partial charge in [-0.2, -0.15) is 0 Å². The van der Waals surface area contributed by atoms with E-state index in [1.165, 1.54) is 0 Å². The van der Waals surface area contributed by atoms with Gasteiger partial charge in [0.25, 0.3) is 11.8 Å². The predicted octanol–water partition coefficient (Wildman–Crippen LogP) is 2.19. The number of carbonyl (C=O) groups excluding carboxylic acids is 2. The molecule has 3 rings (SSSR count). The van der Waals surface area contributed by atoms with Crippen molar-refractivity contribution in [1.82, 2.24) is 5.32 Å². The third-order valence-electron chi connectivity index (χ3n) is 4.62. The number of hydrogen-bond donors (Lipinski definition) is 2. The van der Waals surface area contributed by atoms with E-state index in [9.17, 15) is 9.59 Å². The zero-order valence-corrected chi connectivity index (χ0v) is 12.5. The van der Waals surface area contributed by atoms with Crippen LogP contribution in [0.1, 0.15) is 47.9 Å². The van der Waals surface area contributed by atoms with Crippen molar-refractivity contribution < 1.29 is 14.3 Å². The molecule has 0 bridgehead atoms. The number of amides is 2. The highest BCUT2D eigenvalue weighted by Gasteiger charge is 2.48. The first-order valence-corrected chi connectivity index (χ1v) is 7.31. The van der Waals surface area contributed by atoms with Gasteiger partial charge in [0.1, 0.15) is 0 Å². The third kappa shape index (κ3) is 2.21. The minimum atomic E-state index is -0.321. The zero-order chi connectivity index (χ0) is 15.2. The van der Waals surface area contributed by atoms with Crippen LogP contribution >= 0.6 is 0 Å². The number of fused-ring (bicyclic) bond motifs is 1. The van der Waals surface area contributed by atoms with Gasteiger partial charge in [0.2, 0.25) is 0 Å². The summed E-state index contributed by atoms with van der Waals surface area (Å²) in [5.41, 5.74) is 1.81. The molecule has 112 valence electrons. The molecule has 1 aliphatic heterocycles. The molecular formula is C16H20N2O3. The Morgan fingerprint density at radius 2 is 2.00 bits per heavy atom. The number of anilines is 1. The molecule has 1 fully saturated rings. The Balaban J connectivity index is 1.74. The van der Waals surface area contributed by atoms with E-state index < -0.39 is 0 Å². The van der Waals surface area contributed by atoms with Gasteiger partial charge in [-0.1, -0.05) is 13.8 Å². The summed E-state index contributed by atoms with van der Waals surface area (Å²) >= 11 is 0. The second kappa shape index (κ2) is 4.84. The molecule has 2 amide bonds. The minimum Gasteiger partial charge on any atom is -0.382 e. The lowest BCUT2D eigenvalue weighted by Crippen LogP contribution is -2.58. The molecule has 0 aromatic heterocycles. The quantitative estimate of drug-likeness (QED) is 0.833. The maximum Gasteiger partial charge on any atom is 0.259 e. The number of ether oxygens (including phenoxy) is 1. The van der Waals surface area contributed by atoms with Crippen LogP contribution in [-0.2, 0) is 4.74 Å². The summed E-state index contributed by atoms with van der Waals surface area (Å²) in [5, 5.41) is 5.76. The van der Waals surface area contributed by atoms with Gasteiger partial charge in [0, 0.05) is 23.8 Å². The van der Waals surface area contributed by atoms with Crippen molar-refractivity contribution in [1.29, 1.82) is 0 Å². The highest BCUT2D eigenvalue weighted by molar-refractivity contribution is 6.21. The number of hydrogen-bond acceptors (Lipinski definition) is 4. The Hall–Kier alpha value is -1.88. The lowest BCUT2D eigenvalue weighted by molar-refractivity contribution is -0.0975. The van der Waals surface area contributed by atoms with Crippen LogP contribution in [0.15, 0.2) is 18.2 Å². The molecule has 1 saturated carbocycles. The van der Waals surface area contributed by atoms with Crippen molar-refractivity contribution in [2.75, 3.05) is 11.9 Å². The highest BCUT2D eigenvalue weighted by Crippen LogP contribution is 2.44. The molecule has 2 atom stereocenters. The maximum atomic E-state index is 11.7. The van der Waals surface area contributed by atoms with Gasteiger partial charge in [-0.15, -0.1) is 0 Å². The van der Waals surface area contributed by atoms with E-state index in [2.05, 4.69) is 24.5 Å². The van der Waals surface area contributed by atoms with E-state index in [1.54, 1.807) is 12.1 Å². The van der Waals surface area contributed by atoms with E-state index >= 15 is 0 Å². The molecule has 1 heterocycles. The lowest BCUT2D eigenvalue weighted by atomic mass is 9.64. The highest BCUT2D eigenvalue weighted by atomic mass is 16.5. The van der Waals surface area contributed by atoms with Gasteiger partial charge >= 0.3 is 0 Å². The number of rotatable bonds is 4. The molecule has 0 spiro atoms. The van der Waals surface area contributed by atoms with Gasteiger partial charge in [-0.25, -0.2) is 0 Å². The van der Waals surface area contributed by atoms with Crippen LogP contribution in [0.25, 0.3) is 0 Å². The Morgan fingerprint density at radius 3 is 2.67 bits per heavy atom. The molecule has 21 heavy (non-hydrogen) atoms. The summed E-state index contributed by atoms with van der Waals surface area (Å²) < 4.78 is 5.72. The van der Waals surface area contributed by atoms with Crippen LogP contribution in [-0.4, -0.2) is 30.6 Å². The number of imide groups is 1. The molecule has 2 aliphatic rings. The van der Waals surface area contributed by atoms with Crippen molar-refractivity contribution in [3.8, 4) is 0 Å². The topological polar surface area (TPSA) is 67.4 Å². The lowest BCUT2D eigenvalue weighted by Gasteiger charge is -2.52. The van der Waals surface area contributed by atoms with Crippen LogP contribution in [0.2, 0.25) is 0 Å². The molecule has 0 radical (unpaired) electrons. The first kappa shape index (κ1) is 14.1. The normalized spacial score (nSPS) is 26.0. The SMILES string of the molecule is CCOC1CC(Nc2ccc3c(c2)C(=O)NC3=O)C1(C)C. The van der Waals surface area contributed by atoms with Gasteiger partial charge in [-0.05, 0) is 31.5 Å². The fourth-order valence-electron chi connectivity index (χ4n) is 3.07. The fourth-order valence-corrected chi connectivity index (χ4v) is 3.07. The van der Waals surface area contributed by atoms with Gasteiger partial charge in [0.15, 0.2) is 0 Å². The summed E-state index contributed by atoms with van der Waals surface area (Å²) in [6, 6.07) is 5.59. The zero-order valence-electron chi connectivity index (χ0n) is 12.5. The number of carbonyl (C=O) groups is 2. The average molecular weight is 288 g/mol. The largest absolute Gasteiger partial charge is 0.382 e. The second-order valence-electron chi connectivity index (χ2n) is 6.24. The Kier molecular flexibility index (Phi) is 3.24. The third-order valence-corrected chi connectivity index (χ3v) is 4.62. The van der Waals surface area contributed by atoms with Crippen molar-refractivity contribution in [2.45, 2.75) is 39.3 Å². The number of nitrogens with one attached hydrogen (secondary N) is 2. The van der Waals surface area contributed by atoms with Crippen molar-refractivity contribution in [3.05, 3.63) is 29.3 Å². The van der Waals surface area contributed by atoms with Crippen molar-refractivity contribution in [3.63, 3.8) is 0 Å². The van der Waals surface area contributed by atoms with E-state index in [1.807, 2.05) is 13.0 Å². The molecule has 1 aromatic carbocycles. The summed E-state index contributed by atoms with van der Waals surface area (Å²) in [7, 11) is 0. The fraction of sp³-hybridized carbons (Fsp3) is 0.500. The Labute approximate surface area is 124 Å². The van der Waals surface area contributed by atoms with E-state index in [0.717, 1.165) is 18.7 Å². The van der Waals surface area contributed by atoms with Crippen LogP contribution in [0.3, 0.4) is 0 Å². The molecule has 2 N–H and O–H groups in total. The average Bonchev–Trinajstić information content (AvgIpc) is 2.73. The predicted molar refractivity (Wildman–Crippen MR) is 79.5 cm³/mol. The van der Waals surface area contributed by atoms with Crippen LogP contribution in [0, 0.1) is 5.41 Å². The summed E-state index contributed by atoms with van der Waals surface area (Å²) in [5.74, 6) is -0.638. The minimum absolute atomic E-state index is 0.0487. The summed E-state index contributed by atoms with van der Waals surface area (Å²) in [6.45, 7) is 7.09. The van der Waals surface area contributed by atoms with E-state index in [0.29, 0.717) is 17.2 Å². The number of benzene rings is 1. The van der Waals surface area contributed by atoms with Crippen LogP contribution < -0.4 is 10.6 Å². The molecule has 5 nitrogen and oxygen atoms in total. The summed E-state index contributed by atoms with van der Waals surface area (Å²) in [6.07, 6.45) is 1.21. The first-order chi connectivity index (χ1) is 9.93. The Bertz CT molecular complexity index is 610. The van der Waals surface area contributed by atoms with E-state index in [4.69, 9.17) is 4.74 Å². The maximum absolute atomic E-state index is 11.7. The molecule has 1 aliphatic carbocycles. The standard InChI is InChI=1S/C16H20N2O3/c1-4-21-13-8-12(16(13,2)3)17-9-5-6-10-11(7-9)15(20)18-14(10)19/h5-7,12-13,17H,4,8H2,1-3H3,(H,18,19,20). The second-order valence-corrected chi connectivity index (χ2v) is 6.24. The van der Waals surface area contributed by atoms with E-state index in [-0.39, 0.29) is 23.3 Å². The van der Waals surface area contributed by atoms with Crippen LogP contribution in [0.5, 0.6) is 0 Å². The molecular weight excluding hydrogens is 268 g/mol. The molecule has 5 heteroatoms. The summed E-state index contributed by atoms with van der Waals surface area (Å²) in [4.78, 5) is 23.2. The Morgan fingerprint density at radius 1 is 1.29 bits per heavy atom. The molecule has 0 saturated heterocycles. The van der Waals surface area contributed by atoms with Crippen LogP contribution in [0.4, 0.5) is 5.69 Å². The molecule has 2 unspecified atom stereocenters. The smallest absolute Gasteiger partial charge is 0.259 e. The molecule has 1 aromatic rings. The van der Waals surface area contributed by atoms with Gasteiger partial charge < -0.3 is 10.1 Å². The van der Waals surface area contributed by atoms with Crippen molar-refractivity contribution in [2.24, 2.45) is 5.41 Å². The first-order valence-electron chi connectivity index (χ1n) is 7.31. The van der Waals surface area contributed by atoms with Gasteiger partial charge in [-0.3, -0.25) is 14.9 Å². The monoisotopic (exact) mass is 288 g/mol.